The van der Waals surface area contributed by atoms with Crippen LogP contribution in [0.25, 0.3) is 88.8 Å². The van der Waals surface area contributed by atoms with Gasteiger partial charge >= 0.3 is 0 Å². The van der Waals surface area contributed by atoms with Gasteiger partial charge in [0.05, 0.1) is 0 Å². The minimum Gasteiger partial charge on any atom is -0.456 e. The van der Waals surface area contributed by atoms with E-state index in [1.807, 2.05) is 79.1 Å². The molecular weight excluding hydrogens is 552 g/mol. The molecule has 0 fully saturated rings. The number of fused-ring (bicyclic) bond motifs is 5. The predicted octanol–water partition coefficient (Wildman–Crippen LogP) is 10.1. The number of furan rings is 1. The molecule has 0 radical (unpaired) electrons. The Balaban J connectivity index is 1.37. The van der Waals surface area contributed by atoms with Gasteiger partial charge in [-0.2, -0.15) is 0 Å². The first kappa shape index (κ1) is 25.3. The van der Waals surface area contributed by atoms with Gasteiger partial charge in [0.2, 0.25) is 0 Å². The van der Waals surface area contributed by atoms with E-state index in [9.17, 15) is 0 Å². The maximum atomic E-state index is 6.60. The van der Waals surface area contributed by atoms with Gasteiger partial charge in [0.1, 0.15) is 11.2 Å². The third-order valence-electron chi connectivity index (χ3n) is 8.35. The summed E-state index contributed by atoms with van der Waals surface area (Å²) in [5, 5.41) is 6.47. The molecule has 0 N–H and O–H groups in total. The summed E-state index contributed by atoms with van der Waals surface area (Å²) in [4.78, 5) is 19.5. The van der Waals surface area contributed by atoms with Crippen molar-refractivity contribution in [2.24, 2.45) is 0 Å². The van der Waals surface area contributed by atoms with Crippen LogP contribution in [0.1, 0.15) is 0 Å². The zero-order valence-corrected chi connectivity index (χ0v) is 24.1. The normalized spacial score (nSPS) is 11.6. The first-order valence-electron chi connectivity index (χ1n) is 14.9. The van der Waals surface area contributed by atoms with Gasteiger partial charge in [-0.25, -0.2) is 15.0 Å². The van der Waals surface area contributed by atoms with Crippen LogP contribution < -0.4 is 0 Å². The molecule has 3 aromatic heterocycles. The Morgan fingerprint density at radius 2 is 1.09 bits per heavy atom. The van der Waals surface area contributed by atoms with Crippen molar-refractivity contribution < 1.29 is 4.42 Å². The largest absolute Gasteiger partial charge is 0.456 e. The Morgan fingerprint density at radius 1 is 0.422 bits per heavy atom. The Labute approximate surface area is 258 Å². The lowest BCUT2D eigenvalue weighted by Crippen LogP contribution is -2.00. The Morgan fingerprint density at radius 3 is 1.84 bits per heavy atom. The highest BCUT2D eigenvalue weighted by Gasteiger charge is 2.20. The Kier molecular flexibility index (Phi) is 5.74. The van der Waals surface area contributed by atoms with E-state index < -0.39 is 0 Å². The SMILES string of the molecule is c1ccc(-c2nc(-c3ccccc3)nc(-c3cc(-c4ccc5ccccc5c4)cc4oc5cc6cnccc6cc5c34)n2)cc1. The van der Waals surface area contributed by atoms with Crippen LogP contribution >= 0.6 is 0 Å². The fourth-order valence-electron chi connectivity index (χ4n) is 6.13. The minimum absolute atomic E-state index is 0.591. The molecule has 0 spiro atoms. The molecule has 5 heteroatoms. The predicted molar refractivity (Wildman–Crippen MR) is 182 cm³/mol. The molecule has 0 aliphatic rings. The highest BCUT2D eigenvalue weighted by Crippen LogP contribution is 2.41. The van der Waals surface area contributed by atoms with E-state index in [1.54, 1.807) is 0 Å². The summed E-state index contributed by atoms with van der Waals surface area (Å²) in [5.74, 6) is 1.83. The van der Waals surface area contributed by atoms with Gasteiger partial charge in [-0.05, 0) is 63.7 Å². The fraction of sp³-hybridized carbons (Fsp3) is 0. The molecule has 0 saturated heterocycles. The van der Waals surface area contributed by atoms with E-state index >= 15 is 0 Å². The minimum atomic E-state index is 0.591. The van der Waals surface area contributed by atoms with Crippen LogP contribution in [-0.4, -0.2) is 19.9 Å². The molecule has 0 aliphatic heterocycles. The molecule has 0 saturated carbocycles. The van der Waals surface area contributed by atoms with E-state index in [0.717, 1.165) is 60.5 Å². The van der Waals surface area contributed by atoms with Gasteiger partial charge in [-0.15, -0.1) is 0 Å². The maximum Gasteiger partial charge on any atom is 0.164 e. The van der Waals surface area contributed by atoms with Crippen molar-refractivity contribution in [3.8, 4) is 45.3 Å². The van der Waals surface area contributed by atoms with Crippen LogP contribution in [0.15, 0.2) is 150 Å². The number of pyridine rings is 1. The molecule has 0 amide bonds. The number of benzene rings is 6. The smallest absolute Gasteiger partial charge is 0.164 e. The van der Waals surface area contributed by atoms with Crippen molar-refractivity contribution in [1.82, 2.24) is 19.9 Å². The van der Waals surface area contributed by atoms with Crippen molar-refractivity contribution in [2.45, 2.75) is 0 Å². The molecule has 9 rings (SSSR count). The van der Waals surface area contributed by atoms with Crippen LogP contribution in [0.2, 0.25) is 0 Å². The molecular formula is C40H24N4O. The topological polar surface area (TPSA) is 64.7 Å². The monoisotopic (exact) mass is 576 g/mol. The van der Waals surface area contributed by atoms with Gasteiger partial charge in [0.25, 0.3) is 0 Å². The lowest BCUT2D eigenvalue weighted by Gasteiger charge is -2.11. The second-order valence-corrected chi connectivity index (χ2v) is 11.2. The molecule has 0 unspecified atom stereocenters. The second-order valence-electron chi connectivity index (χ2n) is 11.2. The summed E-state index contributed by atoms with van der Waals surface area (Å²) in [5.41, 5.74) is 6.43. The van der Waals surface area contributed by atoms with Crippen molar-refractivity contribution >= 4 is 43.5 Å². The zero-order chi connectivity index (χ0) is 29.7. The maximum absolute atomic E-state index is 6.60. The first-order valence-corrected chi connectivity index (χ1v) is 14.9. The fourth-order valence-corrected chi connectivity index (χ4v) is 6.13. The molecule has 6 aromatic carbocycles. The number of hydrogen-bond acceptors (Lipinski definition) is 5. The summed E-state index contributed by atoms with van der Waals surface area (Å²) in [6, 6.07) is 45.7. The molecule has 0 atom stereocenters. The van der Waals surface area contributed by atoms with Crippen molar-refractivity contribution in [2.75, 3.05) is 0 Å². The number of nitrogens with zero attached hydrogens (tertiary/aromatic N) is 4. The summed E-state index contributed by atoms with van der Waals surface area (Å²) >= 11 is 0. The standard InChI is InChI=1S/C40H24N4O/c1-3-10-26(11-4-1)38-42-39(27-12-5-2-6-13-27)44-40(43-38)34-21-31(29-16-15-25-9-7-8-14-28(25)19-29)22-36-37(34)33-20-30-17-18-41-24-32(30)23-35(33)45-36/h1-24H. The summed E-state index contributed by atoms with van der Waals surface area (Å²) in [7, 11) is 0. The van der Waals surface area contributed by atoms with E-state index in [-0.39, 0.29) is 0 Å². The molecule has 45 heavy (non-hydrogen) atoms. The molecule has 0 bridgehead atoms. The third-order valence-corrected chi connectivity index (χ3v) is 8.35. The van der Waals surface area contributed by atoms with Crippen LogP contribution in [0, 0.1) is 0 Å². The average Bonchev–Trinajstić information content (AvgIpc) is 3.47. The van der Waals surface area contributed by atoms with Crippen molar-refractivity contribution in [1.29, 1.82) is 0 Å². The number of hydrogen-bond donors (Lipinski definition) is 0. The third kappa shape index (κ3) is 4.41. The number of rotatable bonds is 4. The molecule has 210 valence electrons. The lowest BCUT2D eigenvalue weighted by molar-refractivity contribution is 0.669. The lowest BCUT2D eigenvalue weighted by atomic mass is 9.96. The van der Waals surface area contributed by atoms with Gasteiger partial charge in [0, 0.05) is 45.2 Å². The number of aromatic nitrogens is 4. The van der Waals surface area contributed by atoms with Crippen molar-refractivity contribution in [3.63, 3.8) is 0 Å². The molecule has 5 nitrogen and oxygen atoms in total. The van der Waals surface area contributed by atoms with Crippen LogP contribution in [-0.2, 0) is 0 Å². The highest BCUT2D eigenvalue weighted by atomic mass is 16.3. The Bertz CT molecular complexity index is 2480. The highest BCUT2D eigenvalue weighted by molar-refractivity contribution is 6.16. The quantitative estimate of drug-likeness (QED) is 0.209. The van der Waals surface area contributed by atoms with Crippen LogP contribution in [0.4, 0.5) is 0 Å². The molecule has 0 aliphatic carbocycles. The molecule has 3 heterocycles. The second kappa shape index (κ2) is 10.2. The van der Waals surface area contributed by atoms with Gasteiger partial charge in [0.15, 0.2) is 17.5 Å². The van der Waals surface area contributed by atoms with E-state index in [4.69, 9.17) is 19.4 Å². The van der Waals surface area contributed by atoms with Crippen molar-refractivity contribution in [3.05, 3.63) is 146 Å². The molecule has 9 aromatic rings. The summed E-state index contributed by atoms with van der Waals surface area (Å²) in [6.07, 6.45) is 3.69. The Hall–Kier alpha value is -6.20. The van der Waals surface area contributed by atoms with Gasteiger partial charge in [-0.1, -0.05) is 97.1 Å². The van der Waals surface area contributed by atoms with E-state index in [0.29, 0.717) is 17.5 Å². The average molecular weight is 577 g/mol. The van der Waals surface area contributed by atoms with Crippen LogP contribution in [0.5, 0.6) is 0 Å². The summed E-state index contributed by atoms with van der Waals surface area (Å²) in [6.45, 7) is 0. The van der Waals surface area contributed by atoms with Gasteiger partial charge < -0.3 is 4.42 Å². The van der Waals surface area contributed by atoms with Crippen LogP contribution in [0.3, 0.4) is 0 Å². The van der Waals surface area contributed by atoms with Gasteiger partial charge in [-0.3, -0.25) is 4.98 Å². The summed E-state index contributed by atoms with van der Waals surface area (Å²) < 4.78 is 6.60. The first-order chi connectivity index (χ1) is 22.3. The van der Waals surface area contributed by atoms with E-state index in [2.05, 4.69) is 71.7 Å². The zero-order valence-electron chi connectivity index (χ0n) is 24.1. The van der Waals surface area contributed by atoms with E-state index in [1.165, 1.54) is 10.8 Å².